The van der Waals surface area contributed by atoms with Gasteiger partial charge in [-0.25, -0.2) is 4.79 Å². The standard InChI is InChI=1S/C13H15NO3/c15-10-6-7-11-12(10)14(13(16)17-11)8-9-4-2-1-3-5-9/h1-5,10-12,15H,6-8H2/t10-,11-,12+/m1/s1. The van der Waals surface area contributed by atoms with Gasteiger partial charge >= 0.3 is 6.09 Å². The van der Waals surface area contributed by atoms with Crippen molar-refractivity contribution in [2.75, 3.05) is 0 Å². The van der Waals surface area contributed by atoms with Crippen molar-refractivity contribution in [1.29, 1.82) is 0 Å². The SMILES string of the molecule is O=C1O[C@@H]2CC[C@@H](O)[C@@H]2N1Cc1ccccc1. The zero-order valence-corrected chi connectivity index (χ0v) is 9.45. The van der Waals surface area contributed by atoms with Crippen molar-refractivity contribution < 1.29 is 14.6 Å². The molecule has 1 saturated carbocycles. The fourth-order valence-electron chi connectivity index (χ4n) is 2.73. The Hall–Kier alpha value is -1.55. The molecule has 1 amide bonds. The molecule has 2 fully saturated rings. The minimum atomic E-state index is -0.449. The molecule has 0 bridgehead atoms. The fourth-order valence-corrected chi connectivity index (χ4v) is 2.73. The summed E-state index contributed by atoms with van der Waals surface area (Å²) in [4.78, 5) is 13.4. The molecule has 17 heavy (non-hydrogen) atoms. The van der Waals surface area contributed by atoms with E-state index in [1.807, 2.05) is 30.3 Å². The van der Waals surface area contributed by atoms with Crippen molar-refractivity contribution in [2.45, 2.75) is 37.6 Å². The Bertz CT molecular complexity index is 420. The second-order valence-corrected chi connectivity index (χ2v) is 4.67. The highest BCUT2D eigenvalue weighted by Gasteiger charge is 2.49. The minimum absolute atomic E-state index is 0.124. The van der Waals surface area contributed by atoms with Crippen molar-refractivity contribution in [2.24, 2.45) is 0 Å². The molecule has 2 aliphatic rings. The summed E-state index contributed by atoms with van der Waals surface area (Å²) >= 11 is 0. The van der Waals surface area contributed by atoms with E-state index in [1.54, 1.807) is 4.90 Å². The summed E-state index contributed by atoms with van der Waals surface area (Å²) in [5.41, 5.74) is 1.06. The third kappa shape index (κ3) is 1.78. The summed E-state index contributed by atoms with van der Waals surface area (Å²) < 4.78 is 5.27. The van der Waals surface area contributed by atoms with Crippen molar-refractivity contribution in [3.05, 3.63) is 35.9 Å². The molecule has 1 aromatic carbocycles. The molecule has 0 radical (unpaired) electrons. The van der Waals surface area contributed by atoms with E-state index in [4.69, 9.17) is 4.74 Å². The monoisotopic (exact) mass is 233 g/mol. The zero-order chi connectivity index (χ0) is 11.8. The van der Waals surface area contributed by atoms with Crippen LogP contribution in [0.15, 0.2) is 30.3 Å². The number of benzene rings is 1. The van der Waals surface area contributed by atoms with Gasteiger partial charge in [-0.15, -0.1) is 0 Å². The van der Waals surface area contributed by atoms with Gasteiger partial charge in [0.25, 0.3) is 0 Å². The van der Waals surface area contributed by atoms with Crippen LogP contribution in [0.3, 0.4) is 0 Å². The molecule has 1 aromatic rings. The number of ether oxygens (including phenoxy) is 1. The number of nitrogens with zero attached hydrogens (tertiary/aromatic N) is 1. The average Bonchev–Trinajstić information content (AvgIpc) is 2.83. The van der Waals surface area contributed by atoms with E-state index in [1.165, 1.54) is 0 Å². The number of amides is 1. The van der Waals surface area contributed by atoms with Crippen LogP contribution in [0, 0.1) is 0 Å². The Balaban J connectivity index is 1.80. The number of aliphatic hydroxyl groups is 1. The van der Waals surface area contributed by atoms with Crippen LogP contribution < -0.4 is 0 Å². The number of aliphatic hydroxyl groups excluding tert-OH is 1. The molecule has 1 heterocycles. The second kappa shape index (κ2) is 4.04. The molecule has 3 rings (SSSR count). The van der Waals surface area contributed by atoms with Crippen LogP contribution in [-0.4, -0.2) is 34.3 Å². The smallest absolute Gasteiger partial charge is 0.410 e. The average molecular weight is 233 g/mol. The van der Waals surface area contributed by atoms with Gasteiger partial charge in [-0.2, -0.15) is 0 Å². The number of rotatable bonds is 2. The quantitative estimate of drug-likeness (QED) is 0.842. The van der Waals surface area contributed by atoms with E-state index in [-0.39, 0.29) is 18.2 Å². The Morgan fingerprint density at radius 1 is 1.29 bits per heavy atom. The molecule has 3 atom stereocenters. The molecular weight excluding hydrogens is 218 g/mol. The Morgan fingerprint density at radius 3 is 2.82 bits per heavy atom. The maximum atomic E-state index is 11.7. The first kappa shape index (κ1) is 10.6. The van der Waals surface area contributed by atoms with Crippen LogP contribution >= 0.6 is 0 Å². The molecule has 0 aromatic heterocycles. The lowest BCUT2D eigenvalue weighted by molar-refractivity contribution is 0.0969. The molecule has 0 unspecified atom stereocenters. The Labute approximate surface area is 99.8 Å². The van der Waals surface area contributed by atoms with E-state index < -0.39 is 6.10 Å². The van der Waals surface area contributed by atoms with Crippen LogP contribution in [0.1, 0.15) is 18.4 Å². The predicted octanol–water partition coefficient (Wildman–Crippen LogP) is 1.53. The van der Waals surface area contributed by atoms with Gasteiger partial charge in [0.05, 0.1) is 12.1 Å². The maximum Gasteiger partial charge on any atom is 0.410 e. The van der Waals surface area contributed by atoms with Crippen LogP contribution in [0.4, 0.5) is 4.79 Å². The molecule has 90 valence electrons. The lowest BCUT2D eigenvalue weighted by atomic mass is 10.1. The van der Waals surface area contributed by atoms with Gasteiger partial charge in [0.2, 0.25) is 0 Å². The topological polar surface area (TPSA) is 49.8 Å². The number of hydrogen-bond donors (Lipinski definition) is 1. The summed E-state index contributed by atoms with van der Waals surface area (Å²) in [6.45, 7) is 0.512. The number of carbonyl (C=O) groups is 1. The second-order valence-electron chi connectivity index (χ2n) is 4.67. The summed E-state index contributed by atoms with van der Waals surface area (Å²) in [6.07, 6.45) is 0.607. The summed E-state index contributed by atoms with van der Waals surface area (Å²) in [7, 11) is 0. The summed E-state index contributed by atoms with van der Waals surface area (Å²) in [5, 5.41) is 9.89. The first-order chi connectivity index (χ1) is 8.25. The molecule has 1 saturated heterocycles. The van der Waals surface area contributed by atoms with E-state index >= 15 is 0 Å². The van der Waals surface area contributed by atoms with Crippen LogP contribution in [0.2, 0.25) is 0 Å². The van der Waals surface area contributed by atoms with Crippen molar-refractivity contribution in [1.82, 2.24) is 4.90 Å². The summed E-state index contributed by atoms with van der Waals surface area (Å²) in [5.74, 6) is 0. The van der Waals surface area contributed by atoms with Gasteiger partial charge in [0.1, 0.15) is 6.10 Å². The summed E-state index contributed by atoms with van der Waals surface area (Å²) in [6, 6.07) is 9.62. The van der Waals surface area contributed by atoms with Crippen molar-refractivity contribution in [3.63, 3.8) is 0 Å². The number of carbonyl (C=O) groups excluding carboxylic acids is 1. The highest BCUT2D eigenvalue weighted by Crippen LogP contribution is 2.34. The highest BCUT2D eigenvalue weighted by atomic mass is 16.6. The molecule has 1 N–H and O–H groups in total. The maximum absolute atomic E-state index is 11.7. The van der Waals surface area contributed by atoms with Gasteiger partial charge in [0, 0.05) is 6.54 Å². The lowest BCUT2D eigenvalue weighted by Gasteiger charge is -2.23. The van der Waals surface area contributed by atoms with Crippen LogP contribution in [0.5, 0.6) is 0 Å². The number of hydrogen-bond acceptors (Lipinski definition) is 3. The number of fused-ring (bicyclic) bond motifs is 1. The highest BCUT2D eigenvalue weighted by molar-refractivity contribution is 5.71. The van der Waals surface area contributed by atoms with Gasteiger partial charge < -0.3 is 9.84 Å². The third-order valence-corrected chi connectivity index (χ3v) is 3.56. The first-order valence-electron chi connectivity index (χ1n) is 5.95. The Kier molecular flexibility index (Phi) is 2.52. The van der Waals surface area contributed by atoms with Gasteiger partial charge in [0.15, 0.2) is 0 Å². The van der Waals surface area contributed by atoms with Gasteiger partial charge in [-0.1, -0.05) is 30.3 Å². The third-order valence-electron chi connectivity index (χ3n) is 3.56. The first-order valence-corrected chi connectivity index (χ1v) is 5.95. The largest absolute Gasteiger partial charge is 0.444 e. The van der Waals surface area contributed by atoms with Crippen LogP contribution in [0.25, 0.3) is 0 Å². The zero-order valence-electron chi connectivity index (χ0n) is 9.45. The molecule has 1 aliphatic heterocycles. The predicted molar refractivity (Wildman–Crippen MR) is 61.3 cm³/mol. The normalized spacial score (nSPS) is 31.5. The van der Waals surface area contributed by atoms with E-state index in [0.717, 1.165) is 12.0 Å². The van der Waals surface area contributed by atoms with Crippen LogP contribution in [-0.2, 0) is 11.3 Å². The molecule has 1 aliphatic carbocycles. The molecule has 4 heteroatoms. The van der Waals surface area contributed by atoms with Gasteiger partial charge in [-0.3, -0.25) is 4.90 Å². The fraction of sp³-hybridized carbons (Fsp3) is 0.462. The Morgan fingerprint density at radius 2 is 2.06 bits per heavy atom. The van der Waals surface area contributed by atoms with E-state index in [9.17, 15) is 9.90 Å². The molecule has 4 nitrogen and oxygen atoms in total. The van der Waals surface area contributed by atoms with Gasteiger partial charge in [-0.05, 0) is 18.4 Å². The van der Waals surface area contributed by atoms with E-state index in [0.29, 0.717) is 13.0 Å². The molecular formula is C13H15NO3. The van der Waals surface area contributed by atoms with E-state index in [2.05, 4.69) is 0 Å². The lowest BCUT2D eigenvalue weighted by Crippen LogP contribution is -2.40. The van der Waals surface area contributed by atoms with Crippen molar-refractivity contribution >= 4 is 6.09 Å². The van der Waals surface area contributed by atoms with Crippen molar-refractivity contribution in [3.8, 4) is 0 Å². The molecule has 0 spiro atoms. The minimum Gasteiger partial charge on any atom is -0.444 e.